The van der Waals surface area contributed by atoms with Gasteiger partial charge in [-0.15, -0.1) is 0 Å². The third-order valence-electron chi connectivity index (χ3n) is 8.87. The number of rotatable bonds is 4. The molecule has 6 atom stereocenters. The van der Waals surface area contributed by atoms with Crippen molar-refractivity contribution in [2.45, 2.75) is 54.3 Å². The number of esters is 1. The molecule has 36 heavy (non-hydrogen) atoms. The molecule has 0 amide bonds. The summed E-state index contributed by atoms with van der Waals surface area (Å²) in [6.45, 7) is 0.856. The number of methoxy groups -OCH3 is 2. The molecule has 7 rings (SSSR count). The van der Waals surface area contributed by atoms with Crippen LogP contribution in [0.3, 0.4) is 0 Å². The monoisotopic (exact) mass is 497 g/mol. The lowest BCUT2D eigenvalue weighted by Crippen LogP contribution is -2.77. The van der Waals surface area contributed by atoms with Crippen molar-refractivity contribution in [2.24, 2.45) is 0 Å². The molecule has 2 aromatic rings. The van der Waals surface area contributed by atoms with Crippen LogP contribution in [-0.4, -0.2) is 67.3 Å². The van der Waals surface area contributed by atoms with Crippen molar-refractivity contribution in [1.82, 2.24) is 5.32 Å². The van der Waals surface area contributed by atoms with E-state index >= 15 is 0 Å². The van der Waals surface area contributed by atoms with E-state index in [1.165, 1.54) is 32.4 Å². The van der Waals surface area contributed by atoms with Crippen LogP contribution < -0.4 is 19.5 Å². The lowest BCUT2D eigenvalue weighted by molar-refractivity contribution is -0.322. The number of nitrogens with one attached hydrogen (secondary N) is 1. The van der Waals surface area contributed by atoms with Crippen molar-refractivity contribution in [3.63, 3.8) is 0 Å². The Balaban J connectivity index is 1.33. The molecule has 3 aliphatic heterocycles. The van der Waals surface area contributed by atoms with Crippen LogP contribution >= 0.6 is 0 Å². The molecule has 3 N–H and O–H groups in total. The Morgan fingerprint density at radius 2 is 1.94 bits per heavy atom. The van der Waals surface area contributed by atoms with E-state index in [4.69, 9.17) is 28.4 Å². The Kier molecular flexibility index (Phi) is 4.47. The topological polar surface area (TPSA) is 125 Å². The van der Waals surface area contributed by atoms with Gasteiger partial charge in [0.1, 0.15) is 12.2 Å². The summed E-state index contributed by atoms with van der Waals surface area (Å²) in [5, 5.41) is 25.2. The summed E-state index contributed by atoms with van der Waals surface area (Å²) in [7, 11) is 2.93. The van der Waals surface area contributed by atoms with E-state index in [9.17, 15) is 15.0 Å². The Morgan fingerprint density at radius 1 is 1.14 bits per heavy atom. The fraction of sp³-hybridized carbons (Fsp3) is 0.500. The Bertz CT molecular complexity index is 1280. The van der Waals surface area contributed by atoms with Crippen LogP contribution in [0.2, 0.25) is 0 Å². The van der Waals surface area contributed by atoms with Gasteiger partial charge in [0.2, 0.25) is 12.6 Å². The average molecular weight is 498 g/mol. The molecule has 2 bridgehead atoms. The second-order valence-corrected chi connectivity index (χ2v) is 10.1. The first-order chi connectivity index (χ1) is 17.4. The lowest BCUT2D eigenvalue weighted by Gasteiger charge is -2.59. The zero-order valence-corrected chi connectivity index (χ0v) is 19.9. The third kappa shape index (κ3) is 2.47. The van der Waals surface area contributed by atoms with Gasteiger partial charge in [-0.3, -0.25) is 0 Å². The number of carbonyl (C=O) groups is 1. The standard InChI is InChI=1S/C26H27NO9/c1-31-17-7-13(3-4-16(17)28)23(30)35-21-10-24-5-6-27-25(24)11-20(36-26(25,32-2)22(21)29)14-8-18-19(9-15(14)24)34-12-33-18/h3-4,7-9,20-22,27-29H,5-6,10-12H2,1-2H3/t20-,21-,22-,24-,25-,26+/m0/s1. The average Bonchev–Trinajstić information content (AvgIpc) is 3.59. The predicted octanol–water partition coefficient (Wildman–Crippen LogP) is 1.91. The summed E-state index contributed by atoms with van der Waals surface area (Å²) < 4.78 is 35.1. The summed E-state index contributed by atoms with van der Waals surface area (Å²) in [4.78, 5) is 13.2. The second kappa shape index (κ2) is 7.25. The van der Waals surface area contributed by atoms with Gasteiger partial charge in [0.15, 0.2) is 23.0 Å². The van der Waals surface area contributed by atoms with Gasteiger partial charge in [0.05, 0.1) is 24.3 Å². The van der Waals surface area contributed by atoms with E-state index in [0.717, 1.165) is 17.5 Å². The number of aromatic hydroxyl groups is 1. The molecule has 0 radical (unpaired) electrons. The van der Waals surface area contributed by atoms with Gasteiger partial charge >= 0.3 is 5.97 Å². The Labute approximate surface area is 207 Å². The van der Waals surface area contributed by atoms with Crippen LogP contribution in [0.1, 0.15) is 46.9 Å². The summed E-state index contributed by atoms with van der Waals surface area (Å²) >= 11 is 0. The maximum Gasteiger partial charge on any atom is 0.338 e. The minimum absolute atomic E-state index is 0.0857. The molecule has 2 saturated heterocycles. The van der Waals surface area contributed by atoms with Crippen LogP contribution in [0.15, 0.2) is 30.3 Å². The Hall–Kier alpha value is -3.05. The minimum Gasteiger partial charge on any atom is -0.504 e. The van der Waals surface area contributed by atoms with Crippen LogP contribution in [-0.2, 0) is 19.6 Å². The van der Waals surface area contributed by atoms with E-state index in [2.05, 4.69) is 5.32 Å². The maximum atomic E-state index is 13.2. The molecule has 5 aliphatic rings. The molecular weight excluding hydrogens is 470 g/mol. The number of carbonyl (C=O) groups excluding carboxylic acids is 1. The first-order valence-corrected chi connectivity index (χ1v) is 12.1. The number of aliphatic hydroxyl groups excluding tert-OH is 1. The SMILES string of the molecule is COc1cc(C(=O)O[C@H]2C[C@]34CCN[C@@]35C[C@H](O[C@]5(OC)[C@H]2O)c2cc3c(cc24)OCO3)ccc1O. The molecule has 2 aliphatic carbocycles. The molecule has 3 heterocycles. The van der Waals surface area contributed by atoms with E-state index in [1.54, 1.807) is 0 Å². The largest absolute Gasteiger partial charge is 0.504 e. The van der Waals surface area contributed by atoms with Crippen molar-refractivity contribution in [2.75, 3.05) is 27.6 Å². The number of phenolic OH excluding ortho intramolecular Hbond substituents is 1. The quantitative estimate of drug-likeness (QED) is 0.540. The highest BCUT2D eigenvalue weighted by atomic mass is 16.7. The van der Waals surface area contributed by atoms with Gasteiger partial charge in [-0.1, -0.05) is 0 Å². The zero-order chi connectivity index (χ0) is 24.9. The first-order valence-electron chi connectivity index (χ1n) is 12.1. The fourth-order valence-electron chi connectivity index (χ4n) is 7.41. The van der Waals surface area contributed by atoms with Crippen molar-refractivity contribution >= 4 is 5.97 Å². The fourth-order valence-corrected chi connectivity index (χ4v) is 7.41. The van der Waals surface area contributed by atoms with Gasteiger partial charge in [-0.05, 0) is 60.8 Å². The molecule has 2 aromatic carbocycles. The predicted molar refractivity (Wildman–Crippen MR) is 122 cm³/mol. The number of hydrogen-bond donors (Lipinski definition) is 3. The first kappa shape index (κ1) is 22.2. The number of aliphatic hydroxyl groups is 1. The second-order valence-electron chi connectivity index (χ2n) is 10.1. The van der Waals surface area contributed by atoms with E-state index < -0.39 is 34.9 Å². The highest BCUT2D eigenvalue weighted by molar-refractivity contribution is 5.90. The van der Waals surface area contributed by atoms with Crippen LogP contribution in [0.25, 0.3) is 0 Å². The maximum absolute atomic E-state index is 13.2. The minimum atomic E-state index is -1.44. The molecular formula is C26H27NO9. The van der Waals surface area contributed by atoms with Gasteiger partial charge in [-0.2, -0.15) is 0 Å². The summed E-state index contributed by atoms with van der Waals surface area (Å²) in [5.41, 5.74) is 0.988. The summed E-state index contributed by atoms with van der Waals surface area (Å²) in [6, 6.07) is 8.22. The van der Waals surface area contributed by atoms with Gasteiger partial charge < -0.3 is 44.0 Å². The zero-order valence-electron chi connectivity index (χ0n) is 19.9. The smallest absolute Gasteiger partial charge is 0.338 e. The molecule has 10 heteroatoms. The van der Waals surface area contributed by atoms with Crippen molar-refractivity contribution in [3.8, 4) is 23.0 Å². The molecule has 0 unspecified atom stereocenters. The number of phenols is 1. The van der Waals surface area contributed by atoms with Crippen molar-refractivity contribution < 1.29 is 43.4 Å². The van der Waals surface area contributed by atoms with Gasteiger partial charge in [0.25, 0.3) is 0 Å². The molecule has 1 saturated carbocycles. The normalized spacial score (nSPS) is 36.8. The number of benzene rings is 2. The van der Waals surface area contributed by atoms with Crippen LogP contribution in [0.5, 0.6) is 23.0 Å². The number of hydrogen-bond acceptors (Lipinski definition) is 10. The van der Waals surface area contributed by atoms with Crippen molar-refractivity contribution in [1.29, 1.82) is 0 Å². The van der Waals surface area contributed by atoms with E-state index in [-0.39, 0.29) is 30.0 Å². The van der Waals surface area contributed by atoms with Gasteiger partial charge in [0, 0.05) is 18.9 Å². The van der Waals surface area contributed by atoms with Crippen LogP contribution in [0.4, 0.5) is 0 Å². The van der Waals surface area contributed by atoms with Crippen LogP contribution in [0, 0.1) is 0 Å². The molecule has 10 nitrogen and oxygen atoms in total. The van der Waals surface area contributed by atoms with Gasteiger partial charge in [-0.25, -0.2) is 4.79 Å². The van der Waals surface area contributed by atoms with E-state index in [0.29, 0.717) is 30.9 Å². The molecule has 190 valence electrons. The van der Waals surface area contributed by atoms with E-state index in [1.807, 2.05) is 12.1 Å². The Morgan fingerprint density at radius 3 is 2.72 bits per heavy atom. The number of fused-ring (bicyclic) bond motifs is 4. The highest BCUT2D eigenvalue weighted by Gasteiger charge is 2.81. The summed E-state index contributed by atoms with van der Waals surface area (Å²) in [5.74, 6) is -0.665. The summed E-state index contributed by atoms with van der Waals surface area (Å²) in [6.07, 6.45) is -0.771. The molecule has 1 spiro atoms. The molecule has 3 fully saturated rings. The lowest BCUT2D eigenvalue weighted by atomic mass is 9.51. The third-order valence-corrected chi connectivity index (χ3v) is 8.87. The van der Waals surface area contributed by atoms with Crippen molar-refractivity contribution in [3.05, 3.63) is 47.0 Å². The number of ether oxygens (including phenoxy) is 6. The highest BCUT2D eigenvalue weighted by Crippen LogP contribution is 2.70. The molecule has 0 aromatic heterocycles.